The Bertz CT molecular complexity index is 548. The minimum atomic E-state index is -4.66. The third kappa shape index (κ3) is 5.60. The number of halogens is 3. The number of allylic oxidation sites excluding steroid dienone is 2. The molecule has 1 aromatic rings. The summed E-state index contributed by atoms with van der Waals surface area (Å²) in [4.78, 5) is 0. The van der Waals surface area contributed by atoms with Crippen LogP contribution in [0.2, 0.25) is 0 Å². The van der Waals surface area contributed by atoms with Crippen LogP contribution in [0.4, 0.5) is 13.2 Å². The molecule has 0 aromatic heterocycles. The van der Waals surface area contributed by atoms with E-state index in [0.29, 0.717) is 5.56 Å². The fourth-order valence-electron chi connectivity index (χ4n) is 3.05. The maximum atomic E-state index is 12.6. The summed E-state index contributed by atoms with van der Waals surface area (Å²) in [7, 11) is 0. The van der Waals surface area contributed by atoms with Gasteiger partial charge in [0.25, 0.3) is 0 Å². The van der Waals surface area contributed by atoms with Gasteiger partial charge in [0, 0.05) is 0 Å². The lowest BCUT2D eigenvalue weighted by atomic mass is 9.89. The first-order valence-corrected chi connectivity index (χ1v) is 8.31. The van der Waals surface area contributed by atoms with Crippen molar-refractivity contribution in [2.45, 2.75) is 73.1 Å². The van der Waals surface area contributed by atoms with E-state index in [2.05, 4.69) is 25.5 Å². The predicted molar refractivity (Wildman–Crippen MR) is 89.6 cm³/mol. The van der Waals surface area contributed by atoms with Gasteiger partial charge in [-0.25, -0.2) is 0 Å². The van der Waals surface area contributed by atoms with Gasteiger partial charge in [0.1, 0.15) is 5.75 Å². The van der Waals surface area contributed by atoms with Gasteiger partial charge in [0.15, 0.2) is 0 Å². The van der Waals surface area contributed by atoms with Gasteiger partial charge in [-0.2, -0.15) is 0 Å². The van der Waals surface area contributed by atoms with E-state index in [-0.39, 0.29) is 5.75 Å². The molecule has 0 fully saturated rings. The standard InChI is InChI=1S/C19H27F3O/c1-6-9-15(10-7-2)16(8-3)17-12-18(23-19(20,21)22)14(5)11-13(17)4/h11-12H,6-10H2,1-5H3. The van der Waals surface area contributed by atoms with Crippen molar-refractivity contribution in [3.05, 3.63) is 34.4 Å². The highest BCUT2D eigenvalue weighted by Crippen LogP contribution is 2.35. The number of hydrogen-bond acceptors (Lipinski definition) is 1. The number of benzene rings is 1. The Hall–Kier alpha value is -1.45. The van der Waals surface area contributed by atoms with Gasteiger partial charge in [-0.3, -0.25) is 0 Å². The van der Waals surface area contributed by atoms with Crippen LogP contribution in [0, 0.1) is 13.8 Å². The Morgan fingerprint density at radius 2 is 1.52 bits per heavy atom. The summed E-state index contributed by atoms with van der Waals surface area (Å²) in [6.07, 6.45) is 0.193. The SMILES string of the molecule is CCCC(CCC)=C(CC)c1cc(OC(F)(F)F)c(C)cc1C. The zero-order chi connectivity index (χ0) is 17.6. The molecule has 0 bridgehead atoms. The van der Waals surface area contributed by atoms with Gasteiger partial charge in [-0.15, -0.1) is 13.2 Å². The first-order chi connectivity index (χ1) is 10.7. The highest BCUT2D eigenvalue weighted by Gasteiger charge is 2.32. The zero-order valence-corrected chi connectivity index (χ0v) is 14.7. The lowest BCUT2D eigenvalue weighted by molar-refractivity contribution is -0.274. The molecule has 0 amide bonds. The van der Waals surface area contributed by atoms with E-state index >= 15 is 0 Å². The normalized spacial score (nSPS) is 11.5. The van der Waals surface area contributed by atoms with Crippen LogP contribution in [0.1, 0.15) is 69.6 Å². The van der Waals surface area contributed by atoms with Gasteiger partial charge in [-0.1, -0.05) is 45.3 Å². The van der Waals surface area contributed by atoms with E-state index in [0.717, 1.165) is 43.2 Å². The second-order valence-electron chi connectivity index (χ2n) is 5.92. The van der Waals surface area contributed by atoms with Crippen LogP contribution in [0.5, 0.6) is 5.75 Å². The molecule has 0 radical (unpaired) electrons. The molecule has 4 heteroatoms. The molecule has 0 N–H and O–H groups in total. The quantitative estimate of drug-likeness (QED) is 0.525. The third-order valence-corrected chi connectivity index (χ3v) is 3.96. The summed E-state index contributed by atoms with van der Waals surface area (Å²) in [5.41, 5.74) is 4.90. The van der Waals surface area contributed by atoms with Crippen molar-refractivity contribution < 1.29 is 17.9 Å². The summed E-state index contributed by atoms with van der Waals surface area (Å²) < 4.78 is 42.0. The van der Waals surface area contributed by atoms with Crippen LogP contribution in [0.25, 0.3) is 5.57 Å². The van der Waals surface area contributed by atoms with E-state index in [9.17, 15) is 13.2 Å². The minimum absolute atomic E-state index is 0.101. The molecule has 0 aliphatic carbocycles. The van der Waals surface area contributed by atoms with Crippen LogP contribution < -0.4 is 4.74 Å². The summed E-state index contributed by atoms with van der Waals surface area (Å²) in [5.74, 6) is -0.101. The first kappa shape index (κ1) is 19.6. The van der Waals surface area contributed by atoms with Crippen molar-refractivity contribution in [3.63, 3.8) is 0 Å². The predicted octanol–water partition coefficient (Wildman–Crippen LogP) is 6.97. The van der Waals surface area contributed by atoms with Gasteiger partial charge >= 0.3 is 6.36 Å². The van der Waals surface area contributed by atoms with Crippen LogP contribution in [-0.2, 0) is 0 Å². The van der Waals surface area contributed by atoms with Gasteiger partial charge in [0.05, 0.1) is 0 Å². The van der Waals surface area contributed by atoms with Crippen molar-refractivity contribution in [3.8, 4) is 5.75 Å². The maximum Gasteiger partial charge on any atom is 0.573 e. The molecule has 0 atom stereocenters. The van der Waals surface area contributed by atoms with Crippen molar-refractivity contribution in [1.29, 1.82) is 0 Å². The van der Waals surface area contributed by atoms with Crippen molar-refractivity contribution in [2.75, 3.05) is 0 Å². The summed E-state index contributed by atoms with van der Waals surface area (Å²) in [5, 5.41) is 0. The molecule has 0 aliphatic rings. The van der Waals surface area contributed by atoms with Gasteiger partial charge in [0.2, 0.25) is 0 Å². The topological polar surface area (TPSA) is 9.23 Å². The van der Waals surface area contributed by atoms with Crippen molar-refractivity contribution >= 4 is 5.57 Å². The van der Waals surface area contributed by atoms with Crippen LogP contribution in [-0.4, -0.2) is 6.36 Å². The lowest BCUT2D eigenvalue weighted by Crippen LogP contribution is -2.18. The monoisotopic (exact) mass is 328 g/mol. The largest absolute Gasteiger partial charge is 0.573 e. The Balaban J connectivity index is 3.42. The average molecular weight is 328 g/mol. The third-order valence-electron chi connectivity index (χ3n) is 3.96. The summed E-state index contributed by atoms with van der Waals surface area (Å²) >= 11 is 0. The Labute approximate surface area is 137 Å². The summed E-state index contributed by atoms with van der Waals surface area (Å²) in [6, 6.07) is 3.34. The number of aryl methyl sites for hydroxylation is 2. The molecular formula is C19H27F3O. The molecule has 23 heavy (non-hydrogen) atoms. The van der Waals surface area contributed by atoms with E-state index in [1.165, 1.54) is 11.1 Å². The van der Waals surface area contributed by atoms with Gasteiger partial charge in [-0.05, 0) is 61.4 Å². The van der Waals surface area contributed by atoms with E-state index in [4.69, 9.17) is 0 Å². The van der Waals surface area contributed by atoms with Crippen molar-refractivity contribution in [2.24, 2.45) is 0 Å². The molecule has 1 nitrogen and oxygen atoms in total. The van der Waals surface area contributed by atoms with Gasteiger partial charge < -0.3 is 4.74 Å². The number of ether oxygens (including phenoxy) is 1. The molecular weight excluding hydrogens is 301 g/mol. The maximum absolute atomic E-state index is 12.6. The van der Waals surface area contributed by atoms with E-state index in [1.807, 2.05) is 6.92 Å². The van der Waals surface area contributed by atoms with Crippen LogP contribution >= 0.6 is 0 Å². The van der Waals surface area contributed by atoms with Crippen LogP contribution in [0.3, 0.4) is 0 Å². The highest BCUT2D eigenvalue weighted by molar-refractivity contribution is 5.72. The molecule has 130 valence electrons. The number of hydrogen-bond donors (Lipinski definition) is 0. The summed E-state index contributed by atoms with van der Waals surface area (Å²) in [6.45, 7) is 9.91. The number of alkyl halides is 3. The first-order valence-electron chi connectivity index (χ1n) is 8.31. The Kier molecular flexibility index (Phi) is 7.17. The smallest absolute Gasteiger partial charge is 0.405 e. The van der Waals surface area contributed by atoms with Crippen molar-refractivity contribution in [1.82, 2.24) is 0 Å². The molecule has 1 rings (SSSR count). The average Bonchev–Trinajstić information content (AvgIpc) is 2.43. The molecule has 0 saturated heterocycles. The Morgan fingerprint density at radius 1 is 0.957 bits per heavy atom. The van der Waals surface area contributed by atoms with E-state index < -0.39 is 6.36 Å². The minimum Gasteiger partial charge on any atom is -0.405 e. The second-order valence-corrected chi connectivity index (χ2v) is 5.92. The molecule has 1 aromatic carbocycles. The zero-order valence-electron chi connectivity index (χ0n) is 14.7. The van der Waals surface area contributed by atoms with E-state index in [1.54, 1.807) is 19.1 Å². The Morgan fingerprint density at radius 3 is 1.96 bits per heavy atom. The fraction of sp³-hybridized carbons (Fsp3) is 0.579. The molecule has 0 aliphatic heterocycles. The molecule has 0 unspecified atom stereocenters. The molecule has 0 spiro atoms. The highest BCUT2D eigenvalue weighted by atomic mass is 19.4. The second kappa shape index (κ2) is 8.42. The van der Waals surface area contributed by atoms with Crippen LogP contribution in [0.15, 0.2) is 17.7 Å². The fourth-order valence-corrected chi connectivity index (χ4v) is 3.05. The molecule has 0 heterocycles. The lowest BCUT2D eigenvalue weighted by Gasteiger charge is -2.19. The number of rotatable bonds is 7. The molecule has 0 saturated carbocycles.